The lowest BCUT2D eigenvalue weighted by Crippen LogP contribution is -2.34. The maximum Gasteiger partial charge on any atom is 0.239 e. The van der Waals surface area contributed by atoms with E-state index in [2.05, 4.69) is 21.2 Å². The third-order valence-electron chi connectivity index (χ3n) is 2.10. The van der Waals surface area contributed by atoms with Gasteiger partial charge in [-0.1, -0.05) is 0 Å². The summed E-state index contributed by atoms with van der Waals surface area (Å²) < 4.78 is 5.92. The summed E-state index contributed by atoms with van der Waals surface area (Å²) in [7, 11) is 1.62. The molecule has 4 nitrogen and oxygen atoms in total. The highest BCUT2D eigenvalue weighted by Crippen LogP contribution is 2.30. The number of carbonyl (C=O) groups excluding carboxylic acids is 1. The average Bonchev–Trinajstić information content (AvgIpc) is 2.53. The van der Waals surface area contributed by atoms with E-state index in [0.717, 1.165) is 14.2 Å². The zero-order valence-corrected chi connectivity index (χ0v) is 11.7. The highest BCUT2D eigenvalue weighted by atomic mass is 79.9. The Kier molecular flexibility index (Phi) is 5.40. The van der Waals surface area contributed by atoms with Crippen LogP contribution >= 0.6 is 27.3 Å². The van der Waals surface area contributed by atoms with Crippen molar-refractivity contribution in [3.63, 3.8) is 0 Å². The van der Waals surface area contributed by atoms with E-state index in [4.69, 9.17) is 10.5 Å². The number of thiophene rings is 1. The predicted molar refractivity (Wildman–Crippen MR) is 68.6 cm³/mol. The van der Waals surface area contributed by atoms with Gasteiger partial charge in [0.25, 0.3) is 0 Å². The Bertz CT molecular complexity index is 348. The van der Waals surface area contributed by atoms with Gasteiger partial charge in [0.15, 0.2) is 0 Å². The maximum atomic E-state index is 11.3. The van der Waals surface area contributed by atoms with Crippen molar-refractivity contribution in [1.82, 2.24) is 5.32 Å². The van der Waals surface area contributed by atoms with Gasteiger partial charge < -0.3 is 10.5 Å². The van der Waals surface area contributed by atoms with Gasteiger partial charge in [0.05, 0.1) is 6.61 Å². The van der Waals surface area contributed by atoms with Crippen LogP contribution < -0.4 is 11.1 Å². The number of hydrogen-bond acceptors (Lipinski definition) is 4. The number of primary amides is 1. The fourth-order valence-corrected chi connectivity index (χ4v) is 2.92. The Balaban J connectivity index is 2.73. The highest BCUT2D eigenvalue weighted by Gasteiger charge is 2.19. The molecule has 0 aromatic carbocycles. The summed E-state index contributed by atoms with van der Waals surface area (Å²) in [5.74, 6) is -0.371. The standard InChI is InChI=1S/C10H15BrN2O2S/c1-6-7(11)5-8(16-6)9(10(12)14)13-3-4-15-2/h5,9,13H,3-4H2,1-2H3,(H2,12,14). The Morgan fingerprint density at radius 1 is 1.75 bits per heavy atom. The summed E-state index contributed by atoms with van der Waals surface area (Å²) in [5.41, 5.74) is 5.36. The highest BCUT2D eigenvalue weighted by molar-refractivity contribution is 9.10. The molecule has 1 heterocycles. The summed E-state index contributed by atoms with van der Waals surface area (Å²) in [4.78, 5) is 13.4. The molecule has 3 N–H and O–H groups in total. The van der Waals surface area contributed by atoms with E-state index < -0.39 is 6.04 Å². The number of ether oxygens (including phenoxy) is 1. The lowest BCUT2D eigenvalue weighted by atomic mass is 10.2. The first kappa shape index (κ1) is 13.6. The molecular weight excluding hydrogens is 292 g/mol. The second-order valence-electron chi connectivity index (χ2n) is 3.34. The van der Waals surface area contributed by atoms with Crippen molar-refractivity contribution >= 4 is 33.2 Å². The molecule has 1 atom stereocenters. The number of nitrogens with two attached hydrogens (primary N) is 1. The zero-order chi connectivity index (χ0) is 12.1. The molecule has 0 bridgehead atoms. The molecular formula is C10H15BrN2O2S. The van der Waals surface area contributed by atoms with Crippen molar-refractivity contribution in [2.45, 2.75) is 13.0 Å². The molecule has 0 aliphatic carbocycles. The minimum atomic E-state index is -0.440. The van der Waals surface area contributed by atoms with Crippen LogP contribution in [0.1, 0.15) is 15.8 Å². The molecule has 1 aromatic heterocycles. The quantitative estimate of drug-likeness (QED) is 0.784. The number of amides is 1. The number of carbonyl (C=O) groups is 1. The summed E-state index contributed by atoms with van der Waals surface area (Å²) in [6, 6.07) is 1.49. The first-order valence-electron chi connectivity index (χ1n) is 4.83. The molecule has 0 fully saturated rings. The summed E-state index contributed by atoms with van der Waals surface area (Å²) >= 11 is 4.98. The fraction of sp³-hybridized carbons (Fsp3) is 0.500. The van der Waals surface area contributed by atoms with Gasteiger partial charge in [-0.2, -0.15) is 0 Å². The number of rotatable bonds is 6. The van der Waals surface area contributed by atoms with Crippen LogP contribution in [0.5, 0.6) is 0 Å². The largest absolute Gasteiger partial charge is 0.383 e. The number of halogens is 1. The van der Waals surface area contributed by atoms with Crippen LogP contribution in [0, 0.1) is 6.92 Å². The monoisotopic (exact) mass is 306 g/mol. The van der Waals surface area contributed by atoms with Crippen molar-refractivity contribution in [3.8, 4) is 0 Å². The Morgan fingerprint density at radius 2 is 2.44 bits per heavy atom. The maximum absolute atomic E-state index is 11.3. The topological polar surface area (TPSA) is 64.3 Å². The third kappa shape index (κ3) is 3.55. The minimum absolute atomic E-state index is 0.371. The first-order valence-corrected chi connectivity index (χ1v) is 6.44. The van der Waals surface area contributed by atoms with E-state index in [1.54, 1.807) is 18.4 Å². The molecule has 16 heavy (non-hydrogen) atoms. The minimum Gasteiger partial charge on any atom is -0.383 e. The zero-order valence-electron chi connectivity index (χ0n) is 9.25. The molecule has 1 aromatic rings. The third-order valence-corrected chi connectivity index (χ3v) is 4.30. The Hall–Kier alpha value is -0.430. The van der Waals surface area contributed by atoms with Gasteiger partial charge in [-0.15, -0.1) is 11.3 Å². The van der Waals surface area contributed by atoms with Crippen LogP contribution in [0.25, 0.3) is 0 Å². The summed E-state index contributed by atoms with van der Waals surface area (Å²) in [5, 5.41) is 3.07. The van der Waals surface area contributed by atoms with Gasteiger partial charge in [-0.3, -0.25) is 10.1 Å². The van der Waals surface area contributed by atoms with E-state index in [-0.39, 0.29) is 5.91 Å². The molecule has 1 unspecified atom stereocenters. The number of hydrogen-bond donors (Lipinski definition) is 2. The van der Waals surface area contributed by atoms with Gasteiger partial charge in [0, 0.05) is 27.9 Å². The smallest absolute Gasteiger partial charge is 0.239 e. The van der Waals surface area contributed by atoms with Crippen LogP contribution in [0.3, 0.4) is 0 Å². The van der Waals surface area contributed by atoms with Gasteiger partial charge in [-0.25, -0.2) is 0 Å². The molecule has 0 aliphatic rings. The first-order chi connectivity index (χ1) is 7.56. The molecule has 6 heteroatoms. The molecule has 1 rings (SSSR count). The van der Waals surface area contributed by atoms with E-state index >= 15 is 0 Å². The number of methoxy groups -OCH3 is 1. The van der Waals surface area contributed by atoms with Crippen LogP contribution in [-0.2, 0) is 9.53 Å². The Morgan fingerprint density at radius 3 is 2.88 bits per heavy atom. The Labute approximate surface area is 107 Å². The summed E-state index contributed by atoms with van der Waals surface area (Å²) in [6.45, 7) is 3.14. The van der Waals surface area contributed by atoms with Crippen molar-refractivity contribution in [3.05, 3.63) is 20.3 Å². The number of aryl methyl sites for hydroxylation is 1. The molecule has 1 amide bonds. The predicted octanol–water partition coefficient (Wildman–Crippen LogP) is 1.58. The van der Waals surface area contributed by atoms with Crippen molar-refractivity contribution < 1.29 is 9.53 Å². The molecule has 0 aliphatic heterocycles. The molecule has 0 saturated heterocycles. The molecule has 0 saturated carbocycles. The van der Waals surface area contributed by atoms with Gasteiger partial charge >= 0.3 is 0 Å². The normalized spacial score (nSPS) is 12.7. The molecule has 0 radical (unpaired) electrons. The van der Waals surface area contributed by atoms with Crippen LogP contribution in [0.4, 0.5) is 0 Å². The van der Waals surface area contributed by atoms with Crippen LogP contribution in [-0.4, -0.2) is 26.2 Å². The lowest BCUT2D eigenvalue weighted by molar-refractivity contribution is -0.120. The summed E-state index contributed by atoms with van der Waals surface area (Å²) in [6.07, 6.45) is 0. The van der Waals surface area contributed by atoms with Crippen molar-refractivity contribution in [1.29, 1.82) is 0 Å². The number of nitrogens with one attached hydrogen (secondary N) is 1. The van der Waals surface area contributed by atoms with Gasteiger partial charge in [0.2, 0.25) is 5.91 Å². The van der Waals surface area contributed by atoms with Gasteiger partial charge in [0.1, 0.15) is 6.04 Å². The lowest BCUT2D eigenvalue weighted by Gasteiger charge is -2.13. The van der Waals surface area contributed by atoms with E-state index in [1.165, 1.54) is 0 Å². The van der Waals surface area contributed by atoms with Crippen LogP contribution in [0.2, 0.25) is 0 Å². The van der Waals surface area contributed by atoms with Crippen LogP contribution in [0.15, 0.2) is 10.5 Å². The molecule has 90 valence electrons. The average molecular weight is 307 g/mol. The SMILES string of the molecule is COCCNC(C(N)=O)c1cc(Br)c(C)s1. The second-order valence-corrected chi connectivity index (χ2v) is 5.48. The fourth-order valence-electron chi connectivity index (χ4n) is 1.27. The van der Waals surface area contributed by atoms with Gasteiger partial charge in [-0.05, 0) is 28.9 Å². The van der Waals surface area contributed by atoms with E-state index in [0.29, 0.717) is 13.2 Å². The second kappa shape index (κ2) is 6.34. The van der Waals surface area contributed by atoms with Crippen molar-refractivity contribution in [2.75, 3.05) is 20.3 Å². The molecule has 0 spiro atoms. The van der Waals surface area contributed by atoms with E-state index in [9.17, 15) is 4.79 Å². The van der Waals surface area contributed by atoms with E-state index in [1.807, 2.05) is 13.0 Å². The van der Waals surface area contributed by atoms with Crippen molar-refractivity contribution in [2.24, 2.45) is 5.73 Å².